The van der Waals surface area contributed by atoms with E-state index in [9.17, 15) is 9.59 Å². The fourth-order valence-corrected chi connectivity index (χ4v) is 3.47. The Bertz CT molecular complexity index is 1500. The molecule has 5 aromatic rings. The van der Waals surface area contributed by atoms with Gasteiger partial charge in [0, 0.05) is 24.1 Å². The molecule has 29 heavy (non-hydrogen) atoms. The van der Waals surface area contributed by atoms with Crippen LogP contribution in [0.2, 0.25) is 0 Å². The van der Waals surface area contributed by atoms with Crippen LogP contribution in [0.25, 0.3) is 27.6 Å². The highest BCUT2D eigenvalue weighted by Crippen LogP contribution is 2.21. The number of rotatable bonds is 4. The van der Waals surface area contributed by atoms with Crippen molar-refractivity contribution in [3.05, 3.63) is 81.2 Å². The van der Waals surface area contributed by atoms with Gasteiger partial charge in [-0.15, -0.1) is 10.2 Å². The van der Waals surface area contributed by atoms with E-state index < -0.39 is 5.63 Å². The van der Waals surface area contributed by atoms with E-state index >= 15 is 0 Å². The van der Waals surface area contributed by atoms with Crippen molar-refractivity contribution in [1.82, 2.24) is 19.2 Å². The average Bonchev–Trinajstić information content (AvgIpc) is 3.16. The van der Waals surface area contributed by atoms with Crippen LogP contribution in [0.15, 0.2) is 68.6 Å². The van der Waals surface area contributed by atoms with Crippen molar-refractivity contribution in [2.45, 2.75) is 20.1 Å². The Labute approximate surface area is 163 Å². The Hall–Kier alpha value is -3.94. The van der Waals surface area contributed by atoms with Gasteiger partial charge in [-0.3, -0.25) is 13.8 Å². The summed E-state index contributed by atoms with van der Waals surface area (Å²) in [5.41, 5.74) is 0.666. The number of benzene rings is 2. The van der Waals surface area contributed by atoms with Crippen molar-refractivity contribution < 1.29 is 9.15 Å². The Morgan fingerprint density at radius 3 is 2.72 bits per heavy atom. The lowest BCUT2D eigenvalue weighted by molar-refractivity contribution is 0.295. The molecule has 0 bridgehead atoms. The van der Waals surface area contributed by atoms with E-state index in [1.54, 1.807) is 28.8 Å². The fraction of sp³-hybridized carbons (Fsp3) is 0.143. The van der Waals surface area contributed by atoms with Crippen LogP contribution in [0, 0.1) is 0 Å². The summed E-state index contributed by atoms with van der Waals surface area (Å²) in [6.45, 7) is 2.51. The van der Waals surface area contributed by atoms with Gasteiger partial charge < -0.3 is 9.15 Å². The van der Waals surface area contributed by atoms with Crippen LogP contribution in [0.5, 0.6) is 5.75 Å². The minimum Gasteiger partial charge on any atom is -0.485 e. The van der Waals surface area contributed by atoms with Crippen molar-refractivity contribution >= 4 is 27.6 Å². The summed E-state index contributed by atoms with van der Waals surface area (Å²) in [4.78, 5) is 24.2. The van der Waals surface area contributed by atoms with Crippen molar-refractivity contribution in [2.24, 2.45) is 0 Å². The van der Waals surface area contributed by atoms with E-state index in [0.29, 0.717) is 34.9 Å². The molecule has 3 heterocycles. The maximum Gasteiger partial charge on any atom is 0.336 e. The highest BCUT2D eigenvalue weighted by atomic mass is 16.5. The van der Waals surface area contributed by atoms with E-state index in [0.717, 1.165) is 10.9 Å². The van der Waals surface area contributed by atoms with E-state index in [1.165, 1.54) is 6.07 Å². The van der Waals surface area contributed by atoms with Gasteiger partial charge in [0.15, 0.2) is 5.82 Å². The SMILES string of the molecule is CCn1c(=O)c2ccccc2n2c(COc3ccc4ccc(=O)oc4c3)nnc12. The second kappa shape index (κ2) is 6.59. The first kappa shape index (κ1) is 17.2. The normalized spacial score (nSPS) is 11.5. The van der Waals surface area contributed by atoms with Gasteiger partial charge in [0.1, 0.15) is 17.9 Å². The van der Waals surface area contributed by atoms with Crippen LogP contribution < -0.4 is 15.9 Å². The molecule has 5 rings (SSSR count). The Morgan fingerprint density at radius 1 is 1.03 bits per heavy atom. The van der Waals surface area contributed by atoms with Gasteiger partial charge >= 0.3 is 5.63 Å². The highest BCUT2D eigenvalue weighted by molar-refractivity contribution is 5.80. The highest BCUT2D eigenvalue weighted by Gasteiger charge is 2.16. The summed E-state index contributed by atoms with van der Waals surface area (Å²) >= 11 is 0. The molecule has 0 N–H and O–H groups in total. The molecule has 0 amide bonds. The number of ether oxygens (including phenoxy) is 1. The molecule has 0 aliphatic heterocycles. The number of nitrogens with zero attached hydrogens (tertiary/aromatic N) is 4. The monoisotopic (exact) mass is 388 g/mol. The predicted molar refractivity (Wildman–Crippen MR) is 107 cm³/mol. The number of aromatic nitrogens is 4. The van der Waals surface area contributed by atoms with E-state index in [2.05, 4.69) is 10.2 Å². The predicted octanol–water partition coefficient (Wildman–Crippen LogP) is 2.75. The Morgan fingerprint density at radius 2 is 1.86 bits per heavy atom. The molecular formula is C21H16N4O4. The first-order valence-corrected chi connectivity index (χ1v) is 9.18. The molecule has 144 valence electrons. The summed E-state index contributed by atoms with van der Waals surface area (Å²) in [5.74, 6) is 1.57. The standard InChI is InChI=1S/C21H16N4O4/c1-2-24-20(27)15-5-3-4-6-16(15)25-18(22-23-21(24)25)12-28-14-9-7-13-8-10-19(26)29-17(13)11-14/h3-11H,2,12H2,1H3. The fourth-order valence-electron chi connectivity index (χ4n) is 3.47. The van der Waals surface area contributed by atoms with Crippen LogP contribution in [-0.4, -0.2) is 19.2 Å². The zero-order chi connectivity index (χ0) is 20.0. The summed E-state index contributed by atoms with van der Waals surface area (Å²) in [6.07, 6.45) is 0. The molecular weight excluding hydrogens is 372 g/mol. The van der Waals surface area contributed by atoms with Gasteiger partial charge in [-0.25, -0.2) is 4.79 Å². The second-order valence-corrected chi connectivity index (χ2v) is 6.56. The number of hydrogen-bond donors (Lipinski definition) is 0. The van der Waals surface area contributed by atoms with Crippen molar-refractivity contribution in [1.29, 1.82) is 0 Å². The molecule has 8 nitrogen and oxygen atoms in total. The molecule has 0 aliphatic rings. The van der Waals surface area contributed by atoms with E-state index in [-0.39, 0.29) is 12.2 Å². The summed E-state index contributed by atoms with van der Waals surface area (Å²) < 4.78 is 14.5. The number of fused-ring (bicyclic) bond motifs is 4. The molecule has 0 fully saturated rings. The molecule has 0 unspecified atom stereocenters. The molecule has 0 radical (unpaired) electrons. The summed E-state index contributed by atoms with van der Waals surface area (Å²) in [6, 6.07) is 15.7. The first-order chi connectivity index (χ1) is 14.2. The van der Waals surface area contributed by atoms with Gasteiger partial charge in [-0.1, -0.05) is 12.1 Å². The smallest absolute Gasteiger partial charge is 0.336 e. The third-order valence-electron chi connectivity index (χ3n) is 4.85. The zero-order valence-electron chi connectivity index (χ0n) is 15.5. The molecule has 0 saturated carbocycles. The third kappa shape index (κ3) is 2.77. The lowest BCUT2D eigenvalue weighted by Gasteiger charge is -2.10. The quantitative estimate of drug-likeness (QED) is 0.440. The lowest BCUT2D eigenvalue weighted by Crippen LogP contribution is -2.22. The molecule has 0 atom stereocenters. The maximum absolute atomic E-state index is 12.7. The largest absolute Gasteiger partial charge is 0.485 e. The van der Waals surface area contributed by atoms with Crippen LogP contribution in [0.1, 0.15) is 12.7 Å². The van der Waals surface area contributed by atoms with Crippen LogP contribution in [0.3, 0.4) is 0 Å². The summed E-state index contributed by atoms with van der Waals surface area (Å²) in [7, 11) is 0. The zero-order valence-corrected chi connectivity index (χ0v) is 15.5. The minimum atomic E-state index is -0.415. The number of para-hydroxylation sites is 1. The molecule has 8 heteroatoms. The lowest BCUT2D eigenvalue weighted by atomic mass is 10.2. The second-order valence-electron chi connectivity index (χ2n) is 6.56. The number of hydrogen-bond acceptors (Lipinski definition) is 6. The molecule has 0 saturated heterocycles. The van der Waals surface area contributed by atoms with Gasteiger partial charge in [0.2, 0.25) is 5.78 Å². The van der Waals surface area contributed by atoms with Gasteiger partial charge in [0.05, 0.1) is 10.9 Å². The Balaban J connectivity index is 1.59. The first-order valence-electron chi connectivity index (χ1n) is 9.18. The van der Waals surface area contributed by atoms with Gasteiger partial charge in [-0.05, 0) is 37.3 Å². The Kier molecular flexibility index (Phi) is 3.90. The van der Waals surface area contributed by atoms with E-state index in [4.69, 9.17) is 9.15 Å². The van der Waals surface area contributed by atoms with Gasteiger partial charge in [0.25, 0.3) is 5.56 Å². The van der Waals surface area contributed by atoms with Crippen molar-refractivity contribution in [2.75, 3.05) is 0 Å². The maximum atomic E-state index is 12.7. The minimum absolute atomic E-state index is 0.0972. The van der Waals surface area contributed by atoms with Crippen LogP contribution >= 0.6 is 0 Å². The van der Waals surface area contributed by atoms with Crippen LogP contribution in [0.4, 0.5) is 0 Å². The van der Waals surface area contributed by atoms with Crippen molar-refractivity contribution in [3.8, 4) is 5.75 Å². The summed E-state index contributed by atoms with van der Waals surface area (Å²) in [5, 5.41) is 9.85. The van der Waals surface area contributed by atoms with Crippen LogP contribution in [-0.2, 0) is 13.2 Å². The molecule has 3 aromatic heterocycles. The van der Waals surface area contributed by atoms with Crippen molar-refractivity contribution in [3.63, 3.8) is 0 Å². The molecule has 0 aliphatic carbocycles. The van der Waals surface area contributed by atoms with Gasteiger partial charge in [-0.2, -0.15) is 0 Å². The third-order valence-corrected chi connectivity index (χ3v) is 4.85. The molecule has 2 aromatic carbocycles. The average molecular weight is 388 g/mol. The molecule has 0 spiro atoms. The number of aryl methyl sites for hydroxylation is 1. The van der Waals surface area contributed by atoms with E-state index in [1.807, 2.05) is 35.6 Å². The topological polar surface area (TPSA) is 91.6 Å².